The second-order valence-electron chi connectivity index (χ2n) is 5.49. The molecular weight excluding hydrogens is 392 g/mol. The number of carboxylic acids is 1. The van der Waals surface area contributed by atoms with E-state index in [4.69, 9.17) is 12.2 Å². The summed E-state index contributed by atoms with van der Waals surface area (Å²) in [5.41, 5.74) is 1.08. The summed E-state index contributed by atoms with van der Waals surface area (Å²) in [5.74, 6) is -1.34. The third-order valence-electron chi connectivity index (χ3n) is 3.66. The topological polar surface area (TPSA) is 89.5 Å². The second kappa shape index (κ2) is 9.20. The molecule has 0 unspecified atom stereocenters. The van der Waals surface area contributed by atoms with Crippen LogP contribution < -0.4 is 10.4 Å². The van der Waals surface area contributed by atoms with E-state index >= 15 is 0 Å². The van der Waals surface area contributed by atoms with Crippen molar-refractivity contribution in [2.75, 3.05) is 19.1 Å². The lowest BCUT2D eigenvalue weighted by Crippen LogP contribution is -2.48. The van der Waals surface area contributed by atoms with Crippen LogP contribution in [0.4, 0.5) is 0 Å². The molecule has 2 rings (SSSR count). The number of rotatable bonds is 7. The number of benzene rings is 1. The molecule has 9 heteroatoms. The largest absolute Gasteiger partial charge is 0.548 e. The van der Waals surface area contributed by atoms with Gasteiger partial charge in [0.25, 0.3) is 11.8 Å². The van der Waals surface area contributed by atoms with Crippen LogP contribution in [-0.4, -0.2) is 52.1 Å². The molecule has 2 amide bonds. The van der Waals surface area contributed by atoms with Crippen LogP contribution in [0.25, 0.3) is 6.08 Å². The number of carbonyl (C=O) groups is 3. The summed E-state index contributed by atoms with van der Waals surface area (Å²) >= 11 is 7.80. The number of amides is 2. The fraction of sp³-hybridized carbons (Fsp3) is 0.294. The number of thioether (sulfide) groups is 2. The van der Waals surface area contributed by atoms with Crippen molar-refractivity contribution in [2.24, 2.45) is 0 Å². The minimum absolute atomic E-state index is 0.160. The molecule has 0 bridgehead atoms. The van der Waals surface area contributed by atoms with E-state index < -0.39 is 17.9 Å². The Morgan fingerprint density at radius 1 is 1.38 bits per heavy atom. The number of aliphatic carboxylic acids is 1. The number of nitrogens with one attached hydrogen (secondary N) is 1. The molecule has 1 aliphatic heterocycles. The van der Waals surface area contributed by atoms with Gasteiger partial charge in [0.05, 0.1) is 16.9 Å². The maximum atomic E-state index is 12.2. The average Bonchev–Trinajstić information content (AvgIpc) is 2.85. The zero-order chi connectivity index (χ0) is 19.3. The van der Waals surface area contributed by atoms with Crippen molar-refractivity contribution in [1.29, 1.82) is 0 Å². The van der Waals surface area contributed by atoms with E-state index in [9.17, 15) is 19.5 Å². The number of likely N-dealkylation sites (N-methyl/N-ethyl adjacent to an activating group) is 1. The predicted molar refractivity (Wildman–Crippen MR) is 107 cm³/mol. The van der Waals surface area contributed by atoms with Gasteiger partial charge in [-0.25, -0.2) is 0 Å². The Kier molecular flexibility index (Phi) is 7.24. The summed E-state index contributed by atoms with van der Waals surface area (Å²) in [4.78, 5) is 37.2. The summed E-state index contributed by atoms with van der Waals surface area (Å²) in [6.07, 6.45) is 3.86. The molecular formula is C17H17N2O4S3-. The summed E-state index contributed by atoms with van der Waals surface area (Å²) in [6.45, 7) is 0. The van der Waals surface area contributed by atoms with Gasteiger partial charge in [-0.05, 0) is 42.2 Å². The number of carboxylic acid groups (broad SMARTS) is 1. The van der Waals surface area contributed by atoms with Crippen LogP contribution in [0.15, 0.2) is 29.2 Å². The number of hydrogen-bond acceptors (Lipinski definition) is 7. The number of nitrogens with zero attached hydrogens (tertiary/aromatic N) is 1. The van der Waals surface area contributed by atoms with Crippen molar-refractivity contribution < 1.29 is 19.5 Å². The lowest BCUT2D eigenvalue weighted by atomic mass is 10.1. The van der Waals surface area contributed by atoms with Crippen molar-refractivity contribution in [3.8, 4) is 0 Å². The van der Waals surface area contributed by atoms with Gasteiger partial charge < -0.3 is 15.2 Å². The van der Waals surface area contributed by atoms with Crippen molar-refractivity contribution >= 4 is 63.9 Å². The third kappa shape index (κ3) is 5.09. The number of hydrogen-bond donors (Lipinski definition) is 1. The minimum atomic E-state index is -1.30. The molecule has 1 aromatic rings. The van der Waals surface area contributed by atoms with Gasteiger partial charge in [-0.3, -0.25) is 14.5 Å². The molecule has 0 saturated carbocycles. The Morgan fingerprint density at radius 3 is 2.54 bits per heavy atom. The molecule has 0 spiro atoms. The zero-order valence-corrected chi connectivity index (χ0v) is 16.6. The molecule has 6 nitrogen and oxygen atoms in total. The first-order valence-corrected chi connectivity index (χ1v) is 10.3. The van der Waals surface area contributed by atoms with E-state index in [2.05, 4.69) is 5.32 Å². The van der Waals surface area contributed by atoms with Gasteiger partial charge in [0.2, 0.25) is 0 Å². The SMILES string of the molecule is CSCC[C@H](NC(=O)c1ccc(/C=C2/SC(=S)N(C)C2=O)cc1)C(=O)[O-]. The molecule has 1 fully saturated rings. The maximum Gasteiger partial charge on any atom is 0.265 e. The molecule has 1 saturated heterocycles. The Balaban J connectivity index is 2.07. The standard InChI is InChI=1S/C17H18N2O4S3/c1-19-15(21)13(26-17(19)24)9-10-3-5-11(6-4-10)14(20)18-12(16(22)23)7-8-25-2/h3-6,9,12H,7-8H2,1-2H3,(H,18,20)(H,22,23)/p-1/b13-9+/t12-/m0/s1. The highest BCUT2D eigenvalue weighted by atomic mass is 32.2. The highest BCUT2D eigenvalue weighted by Gasteiger charge is 2.28. The minimum Gasteiger partial charge on any atom is -0.548 e. The Hall–Kier alpha value is -1.84. The lowest BCUT2D eigenvalue weighted by Gasteiger charge is -2.19. The van der Waals surface area contributed by atoms with E-state index in [0.717, 1.165) is 5.56 Å². The number of carbonyl (C=O) groups excluding carboxylic acids is 3. The molecule has 0 radical (unpaired) electrons. The van der Waals surface area contributed by atoms with Gasteiger partial charge in [0.1, 0.15) is 4.32 Å². The lowest BCUT2D eigenvalue weighted by molar-refractivity contribution is -0.308. The molecule has 138 valence electrons. The van der Waals surface area contributed by atoms with Crippen LogP contribution >= 0.6 is 35.7 Å². The van der Waals surface area contributed by atoms with Gasteiger partial charge in [-0.15, -0.1) is 0 Å². The van der Waals surface area contributed by atoms with Crippen LogP contribution in [0, 0.1) is 0 Å². The Bertz CT molecular complexity index is 762. The maximum absolute atomic E-state index is 12.2. The molecule has 1 atom stereocenters. The van der Waals surface area contributed by atoms with E-state index in [0.29, 0.717) is 27.0 Å². The first-order valence-electron chi connectivity index (χ1n) is 7.65. The zero-order valence-electron chi connectivity index (χ0n) is 14.2. The van der Waals surface area contributed by atoms with Crippen molar-refractivity contribution in [3.05, 3.63) is 40.3 Å². The van der Waals surface area contributed by atoms with E-state index in [1.54, 1.807) is 37.4 Å². The molecule has 1 heterocycles. The van der Waals surface area contributed by atoms with Gasteiger partial charge in [-0.1, -0.05) is 36.1 Å². The predicted octanol–water partition coefficient (Wildman–Crippen LogP) is 1.12. The molecule has 26 heavy (non-hydrogen) atoms. The van der Waals surface area contributed by atoms with E-state index in [1.165, 1.54) is 28.4 Å². The van der Waals surface area contributed by atoms with Crippen LogP contribution in [0.5, 0.6) is 0 Å². The van der Waals surface area contributed by atoms with Crippen molar-refractivity contribution in [3.63, 3.8) is 0 Å². The summed E-state index contributed by atoms with van der Waals surface area (Å²) in [6, 6.07) is 5.50. The smallest absolute Gasteiger partial charge is 0.265 e. The van der Waals surface area contributed by atoms with Crippen LogP contribution in [0.1, 0.15) is 22.3 Å². The van der Waals surface area contributed by atoms with Crippen LogP contribution in [0.2, 0.25) is 0 Å². The van der Waals surface area contributed by atoms with Crippen molar-refractivity contribution in [2.45, 2.75) is 12.5 Å². The van der Waals surface area contributed by atoms with Gasteiger partial charge in [0.15, 0.2) is 0 Å². The van der Waals surface area contributed by atoms with E-state index in [1.807, 2.05) is 6.26 Å². The van der Waals surface area contributed by atoms with Crippen LogP contribution in [0.3, 0.4) is 0 Å². The Labute approximate surface area is 165 Å². The number of thiocarbonyl (C=S) groups is 1. The molecule has 0 aromatic heterocycles. The van der Waals surface area contributed by atoms with Gasteiger partial charge in [-0.2, -0.15) is 11.8 Å². The monoisotopic (exact) mass is 409 g/mol. The summed E-state index contributed by atoms with van der Waals surface area (Å²) in [5, 5.41) is 13.6. The summed E-state index contributed by atoms with van der Waals surface area (Å²) < 4.78 is 0.496. The highest BCUT2D eigenvalue weighted by Crippen LogP contribution is 2.31. The second-order valence-corrected chi connectivity index (χ2v) is 8.15. The van der Waals surface area contributed by atoms with Crippen LogP contribution in [-0.2, 0) is 9.59 Å². The van der Waals surface area contributed by atoms with Gasteiger partial charge in [0, 0.05) is 12.6 Å². The molecule has 1 N–H and O–H groups in total. The first kappa shape index (κ1) is 20.5. The first-order chi connectivity index (χ1) is 12.3. The fourth-order valence-corrected chi connectivity index (χ4v) is 3.80. The van der Waals surface area contributed by atoms with Crippen molar-refractivity contribution in [1.82, 2.24) is 10.2 Å². The quantitative estimate of drug-likeness (QED) is 0.533. The molecule has 0 aliphatic carbocycles. The molecule has 1 aromatic carbocycles. The summed E-state index contributed by atoms with van der Waals surface area (Å²) in [7, 11) is 1.62. The normalized spacial score (nSPS) is 16.8. The fourth-order valence-electron chi connectivity index (χ4n) is 2.15. The average molecular weight is 410 g/mol. The van der Waals surface area contributed by atoms with E-state index in [-0.39, 0.29) is 5.91 Å². The molecule has 1 aliphatic rings. The Morgan fingerprint density at radius 2 is 2.04 bits per heavy atom. The van der Waals surface area contributed by atoms with Gasteiger partial charge >= 0.3 is 0 Å². The third-order valence-corrected chi connectivity index (χ3v) is 5.79. The highest BCUT2D eigenvalue weighted by molar-refractivity contribution is 8.26.